The van der Waals surface area contributed by atoms with Gasteiger partial charge in [0.15, 0.2) is 5.17 Å². The van der Waals surface area contributed by atoms with E-state index in [0.717, 1.165) is 12.3 Å². The molecule has 0 bridgehead atoms. The Hall–Kier alpha value is -1.10. The van der Waals surface area contributed by atoms with Gasteiger partial charge in [-0.25, -0.2) is 8.78 Å². The maximum Gasteiger partial charge on any atom is 0.161 e. The fraction of sp³-hybridized carbons (Fsp3) is 0.562. The zero-order valence-electron chi connectivity index (χ0n) is 12.2. The number of halogens is 2. The first-order chi connectivity index (χ1) is 10.1. The van der Waals surface area contributed by atoms with Crippen molar-refractivity contribution in [3.05, 3.63) is 29.3 Å². The van der Waals surface area contributed by atoms with Crippen molar-refractivity contribution in [3.63, 3.8) is 0 Å². The number of benzene rings is 1. The lowest BCUT2D eigenvalue weighted by Gasteiger charge is -2.38. The third-order valence-electron chi connectivity index (χ3n) is 4.48. The third-order valence-corrected chi connectivity index (χ3v) is 5.74. The van der Waals surface area contributed by atoms with E-state index in [1.165, 1.54) is 44.2 Å². The maximum absolute atomic E-state index is 13.8. The van der Waals surface area contributed by atoms with E-state index in [4.69, 9.17) is 0 Å². The Bertz CT molecular complexity index is 566. The minimum atomic E-state index is -0.435. The SMILES string of the molecule is Cc1cc(F)c(NC2=NCC3(CCCCC3)CS2)cc1F. The van der Waals surface area contributed by atoms with E-state index in [-0.39, 0.29) is 5.69 Å². The van der Waals surface area contributed by atoms with Gasteiger partial charge in [0, 0.05) is 18.4 Å². The van der Waals surface area contributed by atoms with Crippen LogP contribution in [0.4, 0.5) is 14.5 Å². The highest BCUT2D eigenvalue weighted by Gasteiger charge is 2.35. The summed E-state index contributed by atoms with van der Waals surface area (Å²) >= 11 is 1.63. The number of thioether (sulfide) groups is 1. The Morgan fingerprint density at radius 1 is 1.14 bits per heavy atom. The van der Waals surface area contributed by atoms with Crippen molar-refractivity contribution in [2.75, 3.05) is 17.6 Å². The van der Waals surface area contributed by atoms with Gasteiger partial charge in [-0.05, 0) is 36.8 Å². The summed E-state index contributed by atoms with van der Waals surface area (Å²) in [6.07, 6.45) is 6.39. The number of anilines is 1. The quantitative estimate of drug-likeness (QED) is 0.810. The second-order valence-electron chi connectivity index (χ2n) is 6.18. The molecule has 1 aliphatic heterocycles. The number of aryl methyl sites for hydroxylation is 1. The first kappa shape index (κ1) is 14.8. The van der Waals surface area contributed by atoms with E-state index in [1.807, 2.05) is 0 Å². The average molecular weight is 310 g/mol. The summed E-state index contributed by atoms with van der Waals surface area (Å²) in [5.74, 6) is 0.189. The Morgan fingerprint density at radius 2 is 1.90 bits per heavy atom. The fourth-order valence-corrected chi connectivity index (χ4v) is 4.25. The van der Waals surface area contributed by atoms with Gasteiger partial charge in [-0.1, -0.05) is 31.0 Å². The van der Waals surface area contributed by atoms with Gasteiger partial charge < -0.3 is 5.32 Å². The molecule has 114 valence electrons. The zero-order chi connectivity index (χ0) is 14.9. The number of aliphatic imine (C=N–C) groups is 1. The normalized spacial score (nSPS) is 21.2. The molecule has 2 aliphatic rings. The van der Waals surface area contributed by atoms with E-state index in [9.17, 15) is 8.78 Å². The Morgan fingerprint density at radius 3 is 2.57 bits per heavy atom. The van der Waals surface area contributed by atoms with Crippen LogP contribution in [0, 0.1) is 24.0 Å². The van der Waals surface area contributed by atoms with Crippen molar-refractivity contribution in [2.45, 2.75) is 39.0 Å². The molecule has 0 radical (unpaired) electrons. The van der Waals surface area contributed by atoms with Crippen LogP contribution in [0.25, 0.3) is 0 Å². The van der Waals surface area contributed by atoms with Gasteiger partial charge in [0.2, 0.25) is 0 Å². The summed E-state index contributed by atoms with van der Waals surface area (Å²) < 4.78 is 27.4. The molecule has 1 aromatic carbocycles. The average Bonchev–Trinajstić information content (AvgIpc) is 2.48. The van der Waals surface area contributed by atoms with Gasteiger partial charge >= 0.3 is 0 Å². The number of hydrogen-bond donors (Lipinski definition) is 1. The molecule has 2 nitrogen and oxygen atoms in total. The fourth-order valence-electron chi connectivity index (χ4n) is 3.09. The highest BCUT2D eigenvalue weighted by Crippen LogP contribution is 2.42. The number of nitrogens with zero attached hydrogens (tertiary/aromatic N) is 1. The van der Waals surface area contributed by atoms with E-state index >= 15 is 0 Å². The topological polar surface area (TPSA) is 24.4 Å². The van der Waals surface area contributed by atoms with Crippen LogP contribution in [0.15, 0.2) is 17.1 Å². The van der Waals surface area contributed by atoms with Crippen molar-refractivity contribution >= 4 is 22.6 Å². The van der Waals surface area contributed by atoms with E-state index < -0.39 is 11.6 Å². The Labute approximate surface area is 128 Å². The van der Waals surface area contributed by atoms with Crippen LogP contribution in [-0.4, -0.2) is 17.5 Å². The van der Waals surface area contributed by atoms with Crippen molar-refractivity contribution in [1.82, 2.24) is 0 Å². The summed E-state index contributed by atoms with van der Waals surface area (Å²) in [6, 6.07) is 2.42. The highest BCUT2D eigenvalue weighted by molar-refractivity contribution is 8.14. The summed E-state index contributed by atoms with van der Waals surface area (Å²) in [5.41, 5.74) is 0.826. The number of rotatable bonds is 1. The van der Waals surface area contributed by atoms with Crippen molar-refractivity contribution in [2.24, 2.45) is 10.4 Å². The second-order valence-corrected chi connectivity index (χ2v) is 7.14. The second kappa shape index (κ2) is 5.95. The van der Waals surface area contributed by atoms with Crippen LogP contribution in [-0.2, 0) is 0 Å². The molecule has 0 unspecified atom stereocenters. The predicted octanol–water partition coefficient (Wildman–Crippen LogP) is 4.74. The molecule has 0 amide bonds. The van der Waals surface area contributed by atoms with Crippen LogP contribution in [0.2, 0.25) is 0 Å². The molecule has 21 heavy (non-hydrogen) atoms. The lowest BCUT2D eigenvalue weighted by atomic mass is 9.75. The summed E-state index contributed by atoms with van der Waals surface area (Å²) in [7, 11) is 0. The van der Waals surface area contributed by atoms with E-state index in [1.54, 1.807) is 18.7 Å². The molecule has 1 aromatic rings. The third kappa shape index (κ3) is 3.23. The van der Waals surface area contributed by atoms with Crippen LogP contribution >= 0.6 is 11.8 Å². The lowest BCUT2D eigenvalue weighted by Crippen LogP contribution is -2.35. The first-order valence-electron chi connectivity index (χ1n) is 7.48. The minimum Gasteiger partial charge on any atom is -0.333 e. The minimum absolute atomic E-state index is 0.170. The molecule has 0 saturated heterocycles. The molecular formula is C16H20F2N2S. The van der Waals surface area contributed by atoms with Gasteiger partial charge in [-0.2, -0.15) is 0 Å². The monoisotopic (exact) mass is 310 g/mol. The van der Waals surface area contributed by atoms with Gasteiger partial charge in [-0.15, -0.1) is 0 Å². The highest BCUT2D eigenvalue weighted by atomic mass is 32.2. The summed E-state index contributed by atoms with van der Waals surface area (Å²) in [4.78, 5) is 4.57. The zero-order valence-corrected chi connectivity index (χ0v) is 13.0. The molecule has 0 aromatic heterocycles. The van der Waals surface area contributed by atoms with Crippen molar-refractivity contribution in [3.8, 4) is 0 Å². The number of hydrogen-bond acceptors (Lipinski definition) is 3. The first-order valence-corrected chi connectivity index (χ1v) is 8.47. The van der Waals surface area contributed by atoms with Gasteiger partial charge in [-0.3, -0.25) is 4.99 Å². The molecule has 1 spiro atoms. The maximum atomic E-state index is 13.8. The van der Waals surface area contributed by atoms with Crippen LogP contribution < -0.4 is 5.32 Å². The largest absolute Gasteiger partial charge is 0.333 e. The number of amidine groups is 1. The molecular weight excluding hydrogens is 290 g/mol. The summed E-state index contributed by atoms with van der Waals surface area (Å²) in [6.45, 7) is 2.36. The summed E-state index contributed by atoms with van der Waals surface area (Å²) in [5, 5.41) is 3.64. The van der Waals surface area contributed by atoms with Gasteiger partial charge in [0.25, 0.3) is 0 Å². The van der Waals surface area contributed by atoms with Gasteiger partial charge in [0.05, 0.1) is 5.69 Å². The molecule has 5 heteroatoms. The van der Waals surface area contributed by atoms with Gasteiger partial charge in [0.1, 0.15) is 11.6 Å². The molecule has 1 aliphatic carbocycles. The Kier molecular flexibility index (Phi) is 4.20. The molecule has 3 rings (SSSR count). The standard InChI is InChI=1S/C16H20F2N2S/c1-11-7-13(18)14(8-12(11)17)20-15-19-9-16(10-21-15)5-3-2-4-6-16/h7-8H,2-6,9-10H2,1H3,(H,19,20). The molecule has 1 saturated carbocycles. The molecule has 1 N–H and O–H groups in total. The van der Waals surface area contributed by atoms with Crippen LogP contribution in [0.5, 0.6) is 0 Å². The molecule has 1 fully saturated rings. The van der Waals surface area contributed by atoms with Crippen LogP contribution in [0.1, 0.15) is 37.7 Å². The predicted molar refractivity (Wildman–Crippen MR) is 85.0 cm³/mol. The van der Waals surface area contributed by atoms with Crippen molar-refractivity contribution in [1.29, 1.82) is 0 Å². The van der Waals surface area contributed by atoms with Crippen LogP contribution in [0.3, 0.4) is 0 Å². The van der Waals surface area contributed by atoms with E-state index in [2.05, 4.69) is 10.3 Å². The lowest BCUT2D eigenvalue weighted by molar-refractivity contribution is 0.232. The number of nitrogens with one attached hydrogen (secondary N) is 1. The molecule has 0 atom stereocenters. The van der Waals surface area contributed by atoms with Crippen molar-refractivity contribution < 1.29 is 8.78 Å². The Balaban J connectivity index is 1.71. The smallest absolute Gasteiger partial charge is 0.161 e. The van der Waals surface area contributed by atoms with E-state index in [0.29, 0.717) is 16.1 Å². The molecule has 1 heterocycles.